The SMILES string of the molecule is COc1ccc([C@H](NC(=O)CSc2nnc(C)n2C2CCCCC2)c2ccccc2)cc1. The van der Waals surface area contributed by atoms with E-state index in [0.717, 1.165) is 40.7 Å². The Hall–Kier alpha value is -2.80. The number of aromatic nitrogens is 3. The van der Waals surface area contributed by atoms with Crippen molar-refractivity contribution in [2.45, 2.75) is 56.3 Å². The second-order valence-corrected chi connectivity index (χ2v) is 9.11. The van der Waals surface area contributed by atoms with Crippen molar-refractivity contribution in [3.63, 3.8) is 0 Å². The fraction of sp³-hybridized carbons (Fsp3) is 0.400. The number of nitrogens with zero attached hydrogens (tertiary/aromatic N) is 3. The molecular weight excluding hydrogens is 420 g/mol. The highest BCUT2D eigenvalue weighted by Gasteiger charge is 2.23. The van der Waals surface area contributed by atoms with Gasteiger partial charge in [0.05, 0.1) is 18.9 Å². The van der Waals surface area contributed by atoms with Gasteiger partial charge in [0.2, 0.25) is 5.91 Å². The number of methoxy groups -OCH3 is 1. The summed E-state index contributed by atoms with van der Waals surface area (Å²) in [5.41, 5.74) is 2.05. The summed E-state index contributed by atoms with van der Waals surface area (Å²) >= 11 is 1.47. The van der Waals surface area contributed by atoms with Gasteiger partial charge in [-0.3, -0.25) is 4.79 Å². The van der Waals surface area contributed by atoms with Crippen LogP contribution in [0.4, 0.5) is 0 Å². The molecule has 0 bridgehead atoms. The Labute approximate surface area is 193 Å². The molecule has 1 N–H and O–H groups in total. The van der Waals surface area contributed by atoms with Crippen LogP contribution >= 0.6 is 11.8 Å². The average Bonchev–Trinajstić information content (AvgIpc) is 3.22. The Morgan fingerprint density at radius 2 is 1.75 bits per heavy atom. The van der Waals surface area contributed by atoms with Gasteiger partial charge < -0.3 is 14.6 Å². The highest BCUT2D eigenvalue weighted by atomic mass is 32.2. The van der Waals surface area contributed by atoms with Crippen molar-refractivity contribution in [1.29, 1.82) is 0 Å². The minimum absolute atomic E-state index is 0.0319. The molecule has 168 valence electrons. The van der Waals surface area contributed by atoms with E-state index < -0.39 is 0 Å². The Morgan fingerprint density at radius 3 is 2.44 bits per heavy atom. The van der Waals surface area contributed by atoms with Gasteiger partial charge >= 0.3 is 0 Å². The van der Waals surface area contributed by atoms with Crippen LogP contribution in [-0.2, 0) is 4.79 Å². The molecule has 32 heavy (non-hydrogen) atoms. The molecule has 1 aliphatic rings. The van der Waals surface area contributed by atoms with Gasteiger partial charge in [-0.15, -0.1) is 10.2 Å². The predicted octanol–water partition coefficient (Wildman–Crippen LogP) is 5.10. The lowest BCUT2D eigenvalue weighted by molar-refractivity contribution is -0.119. The van der Waals surface area contributed by atoms with E-state index in [-0.39, 0.29) is 11.9 Å². The van der Waals surface area contributed by atoms with E-state index >= 15 is 0 Å². The van der Waals surface area contributed by atoms with Crippen LogP contribution in [0.25, 0.3) is 0 Å². The van der Waals surface area contributed by atoms with E-state index in [1.807, 2.05) is 61.5 Å². The van der Waals surface area contributed by atoms with Crippen LogP contribution in [0.5, 0.6) is 5.75 Å². The summed E-state index contributed by atoms with van der Waals surface area (Å²) in [6.45, 7) is 2.00. The van der Waals surface area contributed by atoms with Crippen LogP contribution < -0.4 is 10.1 Å². The first kappa shape index (κ1) is 22.4. The molecule has 1 amide bonds. The van der Waals surface area contributed by atoms with Crippen molar-refractivity contribution in [2.24, 2.45) is 0 Å². The number of benzene rings is 2. The van der Waals surface area contributed by atoms with Crippen molar-refractivity contribution in [1.82, 2.24) is 20.1 Å². The molecule has 0 radical (unpaired) electrons. The molecule has 0 saturated heterocycles. The summed E-state index contributed by atoms with van der Waals surface area (Å²) in [5, 5.41) is 12.7. The average molecular weight is 451 g/mol. The van der Waals surface area contributed by atoms with Crippen LogP contribution in [0, 0.1) is 6.92 Å². The lowest BCUT2D eigenvalue weighted by Crippen LogP contribution is -2.30. The topological polar surface area (TPSA) is 69.0 Å². The quantitative estimate of drug-likeness (QED) is 0.484. The second kappa shape index (κ2) is 10.7. The van der Waals surface area contributed by atoms with Gasteiger partial charge in [-0.05, 0) is 43.0 Å². The zero-order chi connectivity index (χ0) is 22.3. The third-order valence-corrected chi connectivity index (χ3v) is 6.94. The van der Waals surface area contributed by atoms with Gasteiger partial charge in [0.1, 0.15) is 11.6 Å². The molecule has 0 aliphatic heterocycles. The van der Waals surface area contributed by atoms with Gasteiger partial charge in [0, 0.05) is 6.04 Å². The molecule has 1 saturated carbocycles. The molecule has 0 unspecified atom stereocenters. The first-order valence-electron chi connectivity index (χ1n) is 11.2. The molecule has 1 aliphatic carbocycles. The summed E-state index contributed by atoms with van der Waals surface area (Å²) in [4.78, 5) is 13.0. The monoisotopic (exact) mass is 450 g/mol. The molecular formula is C25H30N4O2S. The van der Waals surface area contributed by atoms with Crippen molar-refractivity contribution in [3.8, 4) is 5.75 Å². The molecule has 1 aromatic heterocycles. The van der Waals surface area contributed by atoms with Crippen molar-refractivity contribution in [3.05, 3.63) is 71.5 Å². The minimum atomic E-state index is -0.229. The van der Waals surface area contributed by atoms with E-state index in [9.17, 15) is 4.79 Å². The van der Waals surface area contributed by atoms with Gasteiger partial charge in [-0.2, -0.15) is 0 Å². The summed E-state index contributed by atoms with van der Waals surface area (Å²) in [7, 11) is 1.65. The molecule has 4 rings (SSSR count). The molecule has 1 atom stereocenters. The number of amides is 1. The third kappa shape index (κ3) is 5.33. The summed E-state index contributed by atoms with van der Waals surface area (Å²) in [5.74, 6) is 1.99. The highest BCUT2D eigenvalue weighted by molar-refractivity contribution is 7.99. The summed E-state index contributed by atoms with van der Waals surface area (Å²) in [6, 6.07) is 18.1. The zero-order valence-electron chi connectivity index (χ0n) is 18.7. The summed E-state index contributed by atoms with van der Waals surface area (Å²) < 4.78 is 7.51. The standard InChI is InChI=1S/C25H30N4O2S/c1-18-27-28-25(29(18)21-11-7-4-8-12-21)32-17-23(30)26-24(19-9-5-3-6-10-19)20-13-15-22(31-2)16-14-20/h3,5-6,9-10,13-16,21,24H,4,7-8,11-12,17H2,1-2H3,(H,26,30)/t24-/m1/s1. The highest BCUT2D eigenvalue weighted by Crippen LogP contribution is 2.32. The summed E-state index contributed by atoms with van der Waals surface area (Å²) in [6.07, 6.45) is 6.11. The number of thioether (sulfide) groups is 1. The number of nitrogens with one attached hydrogen (secondary N) is 1. The lowest BCUT2D eigenvalue weighted by atomic mass is 9.95. The number of hydrogen-bond acceptors (Lipinski definition) is 5. The van der Waals surface area contributed by atoms with E-state index in [4.69, 9.17) is 4.74 Å². The Bertz CT molecular complexity index is 1010. The molecule has 6 nitrogen and oxygen atoms in total. The maximum atomic E-state index is 13.0. The number of carbonyl (C=O) groups is 1. The van der Waals surface area contributed by atoms with Crippen LogP contribution in [0.3, 0.4) is 0 Å². The van der Waals surface area contributed by atoms with E-state index in [0.29, 0.717) is 11.8 Å². The van der Waals surface area contributed by atoms with Crippen molar-refractivity contribution in [2.75, 3.05) is 12.9 Å². The number of carbonyl (C=O) groups excluding carboxylic acids is 1. The third-order valence-electron chi connectivity index (χ3n) is 5.99. The molecule has 7 heteroatoms. The molecule has 1 heterocycles. The number of rotatable bonds is 8. The Kier molecular flexibility index (Phi) is 7.47. The predicted molar refractivity (Wildman–Crippen MR) is 127 cm³/mol. The Morgan fingerprint density at radius 1 is 1.06 bits per heavy atom. The Balaban J connectivity index is 1.46. The number of hydrogen-bond donors (Lipinski definition) is 1. The fourth-order valence-corrected chi connectivity index (χ4v) is 5.20. The first-order valence-corrected chi connectivity index (χ1v) is 12.2. The maximum absolute atomic E-state index is 13.0. The number of ether oxygens (including phenoxy) is 1. The zero-order valence-corrected chi connectivity index (χ0v) is 19.5. The smallest absolute Gasteiger partial charge is 0.231 e. The van der Waals surface area contributed by atoms with Crippen molar-refractivity contribution < 1.29 is 9.53 Å². The van der Waals surface area contributed by atoms with Crippen LogP contribution in [0.2, 0.25) is 0 Å². The minimum Gasteiger partial charge on any atom is -0.497 e. The molecule has 2 aromatic carbocycles. The van der Waals surface area contributed by atoms with Gasteiger partial charge in [0.15, 0.2) is 5.16 Å². The molecule has 1 fully saturated rings. The number of aryl methyl sites for hydroxylation is 1. The largest absolute Gasteiger partial charge is 0.497 e. The second-order valence-electron chi connectivity index (χ2n) is 8.16. The molecule has 0 spiro atoms. The first-order chi connectivity index (χ1) is 15.7. The van der Waals surface area contributed by atoms with E-state index in [2.05, 4.69) is 20.1 Å². The fourth-order valence-electron chi connectivity index (χ4n) is 4.34. The van der Waals surface area contributed by atoms with Gasteiger partial charge in [-0.1, -0.05) is 73.5 Å². The van der Waals surface area contributed by atoms with Crippen LogP contribution in [0.15, 0.2) is 59.8 Å². The van der Waals surface area contributed by atoms with E-state index in [1.165, 1.54) is 31.0 Å². The van der Waals surface area contributed by atoms with Crippen LogP contribution in [-0.4, -0.2) is 33.5 Å². The van der Waals surface area contributed by atoms with Gasteiger partial charge in [-0.25, -0.2) is 0 Å². The van der Waals surface area contributed by atoms with Crippen molar-refractivity contribution >= 4 is 17.7 Å². The van der Waals surface area contributed by atoms with Crippen LogP contribution in [0.1, 0.15) is 61.1 Å². The normalized spacial score (nSPS) is 15.3. The maximum Gasteiger partial charge on any atom is 0.231 e. The van der Waals surface area contributed by atoms with E-state index in [1.54, 1.807) is 7.11 Å². The lowest BCUT2D eigenvalue weighted by Gasteiger charge is -2.25. The van der Waals surface area contributed by atoms with Gasteiger partial charge in [0.25, 0.3) is 0 Å². The molecule has 3 aromatic rings.